The molecule has 0 aliphatic rings. The number of rotatable bonds is 7. The zero-order valence-electron chi connectivity index (χ0n) is 14.9. The molecule has 0 atom stereocenters. The third kappa shape index (κ3) is 4.12. The lowest BCUT2D eigenvalue weighted by atomic mass is 10.2. The summed E-state index contributed by atoms with van der Waals surface area (Å²) in [5.41, 5.74) is 1.53. The largest absolute Gasteiger partial charge is 0.467 e. The lowest BCUT2D eigenvalue weighted by Crippen LogP contribution is -2.14. The molecule has 0 fully saturated rings. The van der Waals surface area contributed by atoms with Gasteiger partial charge in [-0.15, -0.1) is 10.2 Å². The summed E-state index contributed by atoms with van der Waals surface area (Å²) in [5, 5.41) is 15.5. The number of thioether (sulfide) groups is 1. The molecule has 0 bridgehead atoms. The van der Waals surface area contributed by atoms with Crippen molar-refractivity contribution in [3.05, 3.63) is 60.4 Å². The van der Waals surface area contributed by atoms with Gasteiger partial charge in [0.2, 0.25) is 11.8 Å². The van der Waals surface area contributed by atoms with Crippen LogP contribution in [0.1, 0.15) is 11.5 Å². The second-order valence-corrected chi connectivity index (χ2v) is 6.83. The zero-order chi connectivity index (χ0) is 19.3. The molecule has 0 spiro atoms. The maximum Gasteiger partial charge on any atom is 0.237 e. The first-order valence-corrected chi connectivity index (χ1v) is 9.39. The van der Waals surface area contributed by atoms with Gasteiger partial charge in [-0.3, -0.25) is 19.7 Å². The van der Waals surface area contributed by atoms with Gasteiger partial charge in [0.05, 0.1) is 24.3 Å². The Balaban J connectivity index is 1.52. The lowest BCUT2D eigenvalue weighted by molar-refractivity contribution is -0.113. The summed E-state index contributed by atoms with van der Waals surface area (Å²) in [5.74, 6) is 1.64. The van der Waals surface area contributed by atoms with Gasteiger partial charge in [-0.25, -0.2) is 0 Å². The van der Waals surface area contributed by atoms with E-state index in [1.807, 2.05) is 28.8 Å². The molecule has 0 saturated heterocycles. The van der Waals surface area contributed by atoms with E-state index < -0.39 is 0 Å². The molecular formula is C18H16N6O3S. The molecule has 28 heavy (non-hydrogen) atoms. The van der Waals surface area contributed by atoms with E-state index in [9.17, 15) is 4.79 Å². The van der Waals surface area contributed by atoms with Crippen LogP contribution >= 0.6 is 11.8 Å². The first-order valence-electron chi connectivity index (χ1n) is 8.41. The van der Waals surface area contributed by atoms with Crippen molar-refractivity contribution in [3.63, 3.8) is 0 Å². The smallest absolute Gasteiger partial charge is 0.237 e. The SMILES string of the molecule is Cc1cc(NC(=O)CSc2nnc(-c3cccnc3)n2Cc2ccco2)on1. The highest BCUT2D eigenvalue weighted by atomic mass is 32.2. The monoisotopic (exact) mass is 396 g/mol. The van der Waals surface area contributed by atoms with Crippen molar-refractivity contribution in [2.24, 2.45) is 0 Å². The van der Waals surface area contributed by atoms with Crippen LogP contribution in [-0.4, -0.2) is 36.6 Å². The number of hydrogen-bond acceptors (Lipinski definition) is 8. The molecule has 4 aromatic heterocycles. The van der Waals surface area contributed by atoms with Crippen LogP contribution in [0.25, 0.3) is 11.4 Å². The minimum atomic E-state index is -0.225. The molecule has 1 N–H and O–H groups in total. The van der Waals surface area contributed by atoms with E-state index in [1.54, 1.807) is 31.6 Å². The van der Waals surface area contributed by atoms with Crippen LogP contribution in [0.15, 0.2) is 63.1 Å². The maximum atomic E-state index is 12.2. The van der Waals surface area contributed by atoms with Gasteiger partial charge in [0.15, 0.2) is 11.0 Å². The van der Waals surface area contributed by atoms with E-state index in [2.05, 4.69) is 25.7 Å². The molecule has 0 aromatic carbocycles. The van der Waals surface area contributed by atoms with Crippen molar-refractivity contribution in [2.75, 3.05) is 11.1 Å². The Morgan fingerprint density at radius 2 is 2.21 bits per heavy atom. The molecule has 4 rings (SSSR count). The second-order valence-electron chi connectivity index (χ2n) is 5.88. The van der Waals surface area contributed by atoms with Crippen molar-refractivity contribution in [1.29, 1.82) is 0 Å². The van der Waals surface area contributed by atoms with Gasteiger partial charge in [0, 0.05) is 24.0 Å². The standard InChI is InChI=1S/C18H16N6O3S/c1-12-8-16(27-23-12)20-15(25)11-28-18-22-21-17(13-4-2-6-19-9-13)24(18)10-14-5-3-7-26-14/h2-9H,10-11H2,1H3,(H,20,25). The molecule has 4 heterocycles. The Labute approximate surface area is 164 Å². The molecule has 9 nitrogen and oxygen atoms in total. The molecule has 4 aromatic rings. The Morgan fingerprint density at radius 1 is 1.29 bits per heavy atom. The summed E-state index contributed by atoms with van der Waals surface area (Å²) in [6.45, 7) is 2.22. The van der Waals surface area contributed by atoms with Gasteiger partial charge in [0.25, 0.3) is 0 Å². The topological polar surface area (TPSA) is 112 Å². The third-order valence-corrected chi connectivity index (χ3v) is 4.72. The number of nitrogens with one attached hydrogen (secondary N) is 1. The van der Waals surface area contributed by atoms with Crippen LogP contribution in [0.3, 0.4) is 0 Å². The highest BCUT2D eigenvalue weighted by Crippen LogP contribution is 2.25. The fourth-order valence-electron chi connectivity index (χ4n) is 2.53. The van der Waals surface area contributed by atoms with Crippen molar-refractivity contribution in [1.82, 2.24) is 24.9 Å². The van der Waals surface area contributed by atoms with E-state index in [4.69, 9.17) is 8.94 Å². The molecule has 0 aliphatic heterocycles. The van der Waals surface area contributed by atoms with Crippen molar-refractivity contribution in [3.8, 4) is 11.4 Å². The highest BCUT2D eigenvalue weighted by molar-refractivity contribution is 7.99. The summed E-state index contributed by atoms with van der Waals surface area (Å²) < 4.78 is 12.4. The number of anilines is 1. The molecule has 0 radical (unpaired) electrons. The van der Waals surface area contributed by atoms with Gasteiger partial charge in [0.1, 0.15) is 5.76 Å². The number of furan rings is 1. The molecule has 142 valence electrons. The number of carbonyl (C=O) groups excluding carboxylic acids is 1. The van der Waals surface area contributed by atoms with Gasteiger partial charge in [-0.05, 0) is 31.2 Å². The Bertz CT molecular complexity index is 1060. The Kier molecular flexibility index (Phi) is 5.20. The average Bonchev–Trinajstić information content (AvgIpc) is 3.44. The first-order chi connectivity index (χ1) is 13.7. The summed E-state index contributed by atoms with van der Waals surface area (Å²) in [7, 11) is 0. The van der Waals surface area contributed by atoms with Crippen LogP contribution in [0.4, 0.5) is 5.88 Å². The van der Waals surface area contributed by atoms with Crippen LogP contribution in [0.2, 0.25) is 0 Å². The fraction of sp³-hybridized carbons (Fsp3) is 0.167. The van der Waals surface area contributed by atoms with E-state index in [0.717, 1.165) is 11.3 Å². The van der Waals surface area contributed by atoms with Gasteiger partial charge >= 0.3 is 0 Å². The minimum Gasteiger partial charge on any atom is -0.467 e. The van der Waals surface area contributed by atoms with Gasteiger partial charge < -0.3 is 8.94 Å². The molecule has 10 heteroatoms. The molecular weight excluding hydrogens is 380 g/mol. The normalized spacial score (nSPS) is 10.9. The first kappa shape index (κ1) is 18.0. The van der Waals surface area contributed by atoms with Crippen LogP contribution in [-0.2, 0) is 11.3 Å². The number of nitrogens with zero attached hydrogens (tertiary/aromatic N) is 5. The van der Waals surface area contributed by atoms with Gasteiger partial charge in [-0.2, -0.15) is 0 Å². The second kappa shape index (κ2) is 8.09. The zero-order valence-corrected chi connectivity index (χ0v) is 15.7. The molecule has 0 aliphatic carbocycles. The molecule has 0 unspecified atom stereocenters. The third-order valence-electron chi connectivity index (χ3n) is 3.75. The number of hydrogen-bond donors (Lipinski definition) is 1. The Hall–Kier alpha value is -3.40. The predicted molar refractivity (Wildman–Crippen MR) is 102 cm³/mol. The number of pyridine rings is 1. The number of aryl methyl sites for hydroxylation is 1. The van der Waals surface area contributed by atoms with E-state index >= 15 is 0 Å². The minimum absolute atomic E-state index is 0.142. The van der Waals surface area contributed by atoms with Crippen molar-refractivity contribution < 1.29 is 13.7 Å². The fourth-order valence-corrected chi connectivity index (χ4v) is 3.27. The van der Waals surface area contributed by atoms with Crippen molar-refractivity contribution >= 4 is 23.6 Å². The highest BCUT2D eigenvalue weighted by Gasteiger charge is 2.17. The van der Waals surface area contributed by atoms with E-state index in [1.165, 1.54) is 11.8 Å². The van der Waals surface area contributed by atoms with Crippen LogP contribution in [0, 0.1) is 6.92 Å². The molecule has 1 amide bonds. The predicted octanol–water partition coefficient (Wildman–Crippen LogP) is 3.01. The quantitative estimate of drug-likeness (QED) is 0.475. The van der Waals surface area contributed by atoms with Gasteiger partial charge in [-0.1, -0.05) is 16.9 Å². The molecule has 0 saturated carbocycles. The number of amides is 1. The van der Waals surface area contributed by atoms with Crippen LogP contribution < -0.4 is 5.32 Å². The summed E-state index contributed by atoms with van der Waals surface area (Å²) in [6.07, 6.45) is 5.03. The van der Waals surface area contributed by atoms with Crippen LogP contribution in [0.5, 0.6) is 0 Å². The lowest BCUT2D eigenvalue weighted by Gasteiger charge is -2.08. The summed E-state index contributed by atoms with van der Waals surface area (Å²) >= 11 is 1.27. The Morgan fingerprint density at radius 3 is 2.93 bits per heavy atom. The summed E-state index contributed by atoms with van der Waals surface area (Å²) in [6, 6.07) is 9.09. The summed E-state index contributed by atoms with van der Waals surface area (Å²) in [4.78, 5) is 16.3. The number of carbonyl (C=O) groups is 1. The van der Waals surface area contributed by atoms with Crippen molar-refractivity contribution in [2.45, 2.75) is 18.6 Å². The average molecular weight is 396 g/mol. The maximum absolute atomic E-state index is 12.2. The van der Waals surface area contributed by atoms with E-state index in [-0.39, 0.29) is 11.7 Å². The van der Waals surface area contributed by atoms with E-state index in [0.29, 0.717) is 29.1 Å². The number of aromatic nitrogens is 5.